The summed E-state index contributed by atoms with van der Waals surface area (Å²) in [6.45, 7) is 6.08. The molecule has 1 aliphatic heterocycles. The average Bonchev–Trinajstić information content (AvgIpc) is 2.83. The van der Waals surface area contributed by atoms with E-state index in [4.69, 9.17) is 5.73 Å². The molecular weight excluding hydrogens is 230 g/mol. The van der Waals surface area contributed by atoms with Crippen molar-refractivity contribution in [3.8, 4) is 0 Å². The zero-order valence-corrected chi connectivity index (χ0v) is 11.0. The van der Waals surface area contributed by atoms with Gasteiger partial charge in [-0.2, -0.15) is 0 Å². The van der Waals surface area contributed by atoms with Gasteiger partial charge in [-0.15, -0.1) is 0 Å². The molecule has 1 atom stereocenters. The molecule has 2 N–H and O–H groups in total. The Morgan fingerprint density at radius 1 is 1.44 bits per heavy atom. The van der Waals surface area contributed by atoms with Crippen LogP contribution in [0.25, 0.3) is 0 Å². The van der Waals surface area contributed by atoms with Crippen molar-refractivity contribution < 1.29 is 4.79 Å². The van der Waals surface area contributed by atoms with Gasteiger partial charge in [0.1, 0.15) is 5.69 Å². The third-order valence-electron chi connectivity index (χ3n) is 3.60. The van der Waals surface area contributed by atoms with Gasteiger partial charge < -0.3 is 15.2 Å². The topological polar surface area (TPSA) is 67.4 Å². The molecule has 0 aromatic carbocycles. The summed E-state index contributed by atoms with van der Waals surface area (Å²) in [5.74, 6) is 0.0649. The van der Waals surface area contributed by atoms with E-state index in [1.807, 2.05) is 11.9 Å². The van der Waals surface area contributed by atoms with Crippen LogP contribution in [0.5, 0.6) is 0 Å². The number of aromatic nitrogens is 2. The molecule has 0 aliphatic carbocycles. The number of rotatable bonds is 3. The number of piperazine rings is 1. The van der Waals surface area contributed by atoms with Crippen LogP contribution in [0.3, 0.4) is 0 Å². The lowest BCUT2D eigenvalue weighted by molar-refractivity contribution is 0.0580. The molecule has 2 heterocycles. The Bertz CT molecular complexity index is 408. The second-order valence-corrected chi connectivity index (χ2v) is 4.80. The molecule has 0 bridgehead atoms. The summed E-state index contributed by atoms with van der Waals surface area (Å²) in [5.41, 5.74) is 6.31. The van der Waals surface area contributed by atoms with E-state index in [2.05, 4.69) is 16.8 Å². The lowest BCUT2D eigenvalue weighted by Gasteiger charge is -2.37. The van der Waals surface area contributed by atoms with Crippen LogP contribution in [0, 0.1) is 0 Å². The number of hydrogen-bond acceptors (Lipinski definition) is 4. The van der Waals surface area contributed by atoms with Crippen LogP contribution in [-0.2, 0) is 7.05 Å². The van der Waals surface area contributed by atoms with Crippen molar-refractivity contribution >= 4 is 5.91 Å². The van der Waals surface area contributed by atoms with E-state index in [0.717, 1.165) is 26.2 Å². The van der Waals surface area contributed by atoms with Crippen molar-refractivity contribution in [1.82, 2.24) is 19.4 Å². The standard InChI is InChI=1S/C12H21N5O/c1-10(7-13)16-3-5-17(6-4-16)12(18)11-8-14-9-15(11)2/h8-10H,3-7,13H2,1-2H3. The third kappa shape index (κ3) is 2.54. The zero-order chi connectivity index (χ0) is 13.1. The number of hydrogen-bond donors (Lipinski definition) is 1. The molecule has 0 spiro atoms. The molecule has 1 amide bonds. The van der Waals surface area contributed by atoms with Crippen LogP contribution in [-0.4, -0.2) is 64.0 Å². The highest BCUT2D eigenvalue weighted by Gasteiger charge is 2.25. The fraction of sp³-hybridized carbons (Fsp3) is 0.667. The first-order valence-electron chi connectivity index (χ1n) is 6.33. The predicted octanol–water partition coefficient (Wildman–Crippen LogP) is -0.475. The van der Waals surface area contributed by atoms with Gasteiger partial charge in [-0.05, 0) is 6.92 Å². The molecule has 100 valence electrons. The van der Waals surface area contributed by atoms with Gasteiger partial charge in [-0.1, -0.05) is 0 Å². The van der Waals surface area contributed by atoms with Gasteiger partial charge in [0.25, 0.3) is 5.91 Å². The Balaban J connectivity index is 1.94. The van der Waals surface area contributed by atoms with E-state index in [1.54, 1.807) is 17.1 Å². The van der Waals surface area contributed by atoms with Crippen LogP contribution in [0.1, 0.15) is 17.4 Å². The summed E-state index contributed by atoms with van der Waals surface area (Å²) in [6.07, 6.45) is 3.27. The Kier molecular flexibility index (Phi) is 3.98. The summed E-state index contributed by atoms with van der Waals surface area (Å²) in [4.78, 5) is 20.4. The Labute approximate surface area is 107 Å². The summed E-state index contributed by atoms with van der Waals surface area (Å²) >= 11 is 0. The van der Waals surface area contributed by atoms with Crippen molar-refractivity contribution in [3.05, 3.63) is 18.2 Å². The number of aryl methyl sites for hydroxylation is 1. The van der Waals surface area contributed by atoms with Crippen LogP contribution >= 0.6 is 0 Å². The summed E-state index contributed by atoms with van der Waals surface area (Å²) in [6, 6.07) is 0.388. The van der Waals surface area contributed by atoms with Crippen molar-refractivity contribution in [1.29, 1.82) is 0 Å². The van der Waals surface area contributed by atoms with Crippen LogP contribution in [0.4, 0.5) is 0 Å². The van der Waals surface area contributed by atoms with Gasteiger partial charge in [-0.25, -0.2) is 4.98 Å². The lowest BCUT2D eigenvalue weighted by atomic mass is 10.2. The van der Waals surface area contributed by atoms with Gasteiger partial charge >= 0.3 is 0 Å². The second-order valence-electron chi connectivity index (χ2n) is 4.80. The maximum absolute atomic E-state index is 12.2. The van der Waals surface area contributed by atoms with Crippen LogP contribution < -0.4 is 5.73 Å². The van der Waals surface area contributed by atoms with Crippen molar-refractivity contribution in [2.45, 2.75) is 13.0 Å². The fourth-order valence-electron chi connectivity index (χ4n) is 2.24. The minimum absolute atomic E-state index is 0.0649. The number of carbonyl (C=O) groups excluding carboxylic acids is 1. The molecule has 1 fully saturated rings. The maximum atomic E-state index is 12.2. The number of nitrogens with two attached hydrogens (primary N) is 1. The van der Waals surface area contributed by atoms with Gasteiger partial charge in [0, 0.05) is 45.8 Å². The highest BCUT2D eigenvalue weighted by molar-refractivity contribution is 5.92. The summed E-state index contributed by atoms with van der Waals surface area (Å²) in [7, 11) is 1.84. The van der Waals surface area contributed by atoms with E-state index in [-0.39, 0.29) is 5.91 Å². The largest absolute Gasteiger partial charge is 0.335 e. The first-order chi connectivity index (χ1) is 8.63. The molecule has 1 aromatic heterocycles. The first-order valence-corrected chi connectivity index (χ1v) is 6.33. The van der Waals surface area contributed by atoms with E-state index in [9.17, 15) is 4.79 Å². The normalized spacial score (nSPS) is 18.9. The van der Waals surface area contributed by atoms with Gasteiger partial charge in [0.15, 0.2) is 0 Å². The molecular formula is C12H21N5O. The minimum Gasteiger partial charge on any atom is -0.335 e. The number of carbonyl (C=O) groups is 1. The molecule has 1 aromatic rings. The smallest absolute Gasteiger partial charge is 0.272 e. The first kappa shape index (κ1) is 13.0. The summed E-state index contributed by atoms with van der Waals surface area (Å²) < 4.78 is 1.76. The fourth-order valence-corrected chi connectivity index (χ4v) is 2.24. The number of nitrogens with zero attached hydrogens (tertiary/aromatic N) is 4. The maximum Gasteiger partial charge on any atom is 0.272 e. The van der Waals surface area contributed by atoms with Crippen LogP contribution in [0.15, 0.2) is 12.5 Å². The molecule has 18 heavy (non-hydrogen) atoms. The third-order valence-corrected chi connectivity index (χ3v) is 3.60. The predicted molar refractivity (Wildman–Crippen MR) is 69.2 cm³/mol. The number of amides is 1. The van der Waals surface area contributed by atoms with E-state index in [1.165, 1.54) is 0 Å². The van der Waals surface area contributed by atoms with E-state index in [0.29, 0.717) is 18.3 Å². The molecule has 1 unspecified atom stereocenters. The molecule has 1 saturated heterocycles. The van der Waals surface area contributed by atoms with E-state index >= 15 is 0 Å². The molecule has 0 saturated carbocycles. The van der Waals surface area contributed by atoms with E-state index < -0.39 is 0 Å². The molecule has 6 nitrogen and oxygen atoms in total. The molecule has 6 heteroatoms. The van der Waals surface area contributed by atoms with Gasteiger partial charge in [0.05, 0.1) is 12.5 Å². The van der Waals surface area contributed by atoms with Crippen LogP contribution in [0.2, 0.25) is 0 Å². The molecule has 2 rings (SSSR count). The monoisotopic (exact) mass is 251 g/mol. The highest BCUT2D eigenvalue weighted by atomic mass is 16.2. The second kappa shape index (κ2) is 5.49. The molecule has 1 aliphatic rings. The molecule has 0 radical (unpaired) electrons. The summed E-state index contributed by atoms with van der Waals surface area (Å²) in [5, 5.41) is 0. The van der Waals surface area contributed by atoms with Crippen molar-refractivity contribution in [3.63, 3.8) is 0 Å². The quantitative estimate of drug-likeness (QED) is 0.788. The van der Waals surface area contributed by atoms with Gasteiger partial charge in [0.2, 0.25) is 0 Å². The van der Waals surface area contributed by atoms with Crippen molar-refractivity contribution in [2.24, 2.45) is 12.8 Å². The zero-order valence-electron chi connectivity index (χ0n) is 11.0. The minimum atomic E-state index is 0.0649. The highest BCUT2D eigenvalue weighted by Crippen LogP contribution is 2.09. The number of imidazole rings is 1. The average molecular weight is 251 g/mol. The SMILES string of the molecule is CC(CN)N1CCN(C(=O)c2cncn2C)CC1. The Morgan fingerprint density at radius 2 is 2.11 bits per heavy atom. The Hall–Kier alpha value is -1.40. The van der Waals surface area contributed by atoms with Gasteiger partial charge in [-0.3, -0.25) is 9.69 Å². The lowest BCUT2D eigenvalue weighted by Crippen LogP contribution is -2.53. The van der Waals surface area contributed by atoms with Crippen molar-refractivity contribution in [2.75, 3.05) is 32.7 Å². The Morgan fingerprint density at radius 3 is 2.61 bits per heavy atom.